The maximum absolute atomic E-state index is 12.6. The molecule has 0 unspecified atom stereocenters. The molecule has 2 aliphatic carbocycles. The number of benzene rings is 1. The zero-order valence-electron chi connectivity index (χ0n) is 16.8. The van der Waals surface area contributed by atoms with Crippen LogP contribution in [0.2, 0.25) is 0 Å². The largest absolute Gasteiger partial charge is 0.392 e. The van der Waals surface area contributed by atoms with Crippen molar-refractivity contribution >= 4 is 5.57 Å². The molecule has 3 heteroatoms. The van der Waals surface area contributed by atoms with Gasteiger partial charge in [-0.3, -0.25) is 4.79 Å². The van der Waals surface area contributed by atoms with E-state index in [1.807, 2.05) is 13.1 Å². The summed E-state index contributed by atoms with van der Waals surface area (Å²) in [6.45, 7) is 4.00. The van der Waals surface area contributed by atoms with Gasteiger partial charge in [0, 0.05) is 29.6 Å². The zero-order valence-corrected chi connectivity index (χ0v) is 16.8. The number of allylic oxidation sites excluding steroid dienone is 2. The van der Waals surface area contributed by atoms with Crippen LogP contribution in [0.4, 0.5) is 0 Å². The van der Waals surface area contributed by atoms with E-state index in [-0.39, 0.29) is 5.56 Å². The van der Waals surface area contributed by atoms with E-state index >= 15 is 0 Å². The molecule has 2 fully saturated rings. The molecule has 0 atom stereocenters. The molecule has 0 aliphatic heterocycles. The standard InChI is InChI=1S/C25H30N2O/c1-17(26-2)5-3-4-6-22(20-11-9-19(10-12-20)18-7-8-18)24-16-15-23(21-13-14-21)25(28)27-24/h6,9-12,15-16,18,21,26H,1,3-5,7-8,13-14H2,2H3,(H,27,28)/b22-6+. The van der Waals surface area contributed by atoms with E-state index < -0.39 is 0 Å². The molecule has 2 N–H and O–H groups in total. The van der Waals surface area contributed by atoms with Gasteiger partial charge in [0.1, 0.15) is 0 Å². The van der Waals surface area contributed by atoms with Crippen molar-refractivity contribution in [3.05, 3.63) is 87.5 Å². The molecule has 2 saturated carbocycles. The van der Waals surface area contributed by atoms with E-state index in [1.165, 1.54) is 24.0 Å². The third-order valence-electron chi connectivity index (χ3n) is 5.90. The predicted octanol–water partition coefficient (Wildman–Crippen LogP) is 5.46. The molecule has 4 rings (SSSR count). The number of aromatic amines is 1. The van der Waals surface area contributed by atoms with Crippen LogP contribution in [-0.2, 0) is 0 Å². The summed E-state index contributed by atoms with van der Waals surface area (Å²) in [6.07, 6.45) is 10.1. The van der Waals surface area contributed by atoms with Gasteiger partial charge in [-0.05, 0) is 74.0 Å². The highest BCUT2D eigenvalue weighted by Gasteiger charge is 2.26. The fourth-order valence-electron chi connectivity index (χ4n) is 3.78. The fraction of sp³-hybridized carbons (Fsp3) is 0.400. The second kappa shape index (κ2) is 8.22. The summed E-state index contributed by atoms with van der Waals surface area (Å²) in [5.74, 6) is 1.22. The van der Waals surface area contributed by atoms with Crippen LogP contribution in [0.1, 0.15) is 79.2 Å². The minimum absolute atomic E-state index is 0.0732. The average molecular weight is 375 g/mol. The van der Waals surface area contributed by atoms with Gasteiger partial charge in [-0.25, -0.2) is 0 Å². The van der Waals surface area contributed by atoms with Crippen molar-refractivity contribution < 1.29 is 0 Å². The van der Waals surface area contributed by atoms with Gasteiger partial charge < -0.3 is 10.3 Å². The van der Waals surface area contributed by atoms with Crippen LogP contribution in [0.3, 0.4) is 0 Å². The molecule has 0 saturated heterocycles. The Morgan fingerprint density at radius 2 is 1.82 bits per heavy atom. The Balaban J connectivity index is 1.59. The number of nitrogens with one attached hydrogen (secondary N) is 2. The van der Waals surface area contributed by atoms with E-state index in [9.17, 15) is 4.79 Å². The van der Waals surface area contributed by atoms with E-state index in [0.717, 1.165) is 60.5 Å². The first-order chi connectivity index (χ1) is 13.7. The predicted molar refractivity (Wildman–Crippen MR) is 117 cm³/mol. The lowest BCUT2D eigenvalue weighted by atomic mass is 9.97. The first kappa shape index (κ1) is 18.8. The van der Waals surface area contributed by atoms with Crippen molar-refractivity contribution in [1.29, 1.82) is 0 Å². The summed E-state index contributed by atoms with van der Waals surface area (Å²) in [7, 11) is 1.91. The van der Waals surface area contributed by atoms with Crippen LogP contribution in [-0.4, -0.2) is 12.0 Å². The van der Waals surface area contributed by atoms with E-state index in [1.54, 1.807) is 0 Å². The highest BCUT2D eigenvalue weighted by Crippen LogP contribution is 2.41. The summed E-state index contributed by atoms with van der Waals surface area (Å²) < 4.78 is 0. The normalized spacial score (nSPS) is 16.8. The molecule has 1 heterocycles. The maximum atomic E-state index is 12.6. The Hall–Kier alpha value is -2.55. The maximum Gasteiger partial charge on any atom is 0.251 e. The van der Waals surface area contributed by atoms with Gasteiger partial charge in [0.2, 0.25) is 0 Å². The SMILES string of the molecule is C=C(CCC/C=C(\c1ccc(C2CC2)cc1)c1ccc(C2CC2)c(=O)[nH]1)NC. The van der Waals surface area contributed by atoms with Crippen molar-refractivity contribution in [2.75, 3.05) is 7.05 Å². The minimum Gasteiger partial charge on any atom is -0.392 e. The van der Waals surface area contributed by atoms with E-state index in [4.69, 9.17) is 0 Å². The summed E-state index contributed by atoms with van der Waals surface area (Å²) in [4.78, 5) is 15.7. The van der Waals surface area contributed by atoms with Crippen LogP contribution in [0.15, 0.2) is 59.5 Å². The third kappa shape index (κ3) is 4.46. The highest BCUT2D eigenvalue weighted by molar-refractivity contribution is 5.78. The summed E-state index contributed by atoms with van der Waals surface area (Å²) in [6, 6.07) is 13.0. The average Bonchev–Trinajstić information content (AvgIpc) is 3.61. The van der Waals surface area contributed by atoms with E-state index in [2.05, 4.69) is 53.3 Å². The molecular formula is C25H30N2O. The summed E-state index contributed by atoms with van der Waals surface area (Å²) >= 11 is 0. The van der Waals surface area contributed by atoms with Crippen LogP contribution in [0.5, 0.6) is 0 Å². The van der Waals surface area contributed by atoms with Crippen molar-refractivity contribution in [2.45, 2.75) is 56.8 Å². The summed E-state index contributed by atoms with van der Waals surface area (Å²) in [5.41, 5.74) is 6.73. The third-order valence-corrected chi connectivity index (χ3v) is 5.90. The molecule has 2 aromatic rings. The fourth-order valence-corrected chi connectivity index (χ4v) is 3.78. The Morgan fingerprint density at radius 3 is 2.43 bits per heavy atom. The van der Waals surface area contributed by atoms with Crippen LogP contribution in [0, 0.1) is 0 Å². The number of aromatic nitrogens is 1. The lowest BCUT2D eigenvalue weighted by Gasteiger charge is -2.11. The van der Waals surface area contributed by atoms with Crippen LogP contribution in [0.25, 0.3) is 5.57 Å². The molecule has 0 bridgehead atoms. The number of hydrogen-bond acceptors (Lipinski definition) is 2. The van der Waals surface area contributed by atoms with Gasteiger partial charge in [0.05, 0.1) is 0 Å². The van der Waals surface area contributed by atoms with Crippen molar-refractivity contribution in [3.63, 3.8) is 0 Å². The Bertz CT molecular complexity index is 928. The Labute approximate surface area is 167 Å². The number of H-pyrrole nitrogens is 1. The molecule has 1 aromatic heterocycles. The zero-order chi connectivity index (χ0) is 19.5. The monoisotopic (exact) mass is 374 g/mol. The number of unbranched alkanes of at least 4 members (excludes halogenated alkanes) is 1. The quantitative estimate of drug-likeness (QED) is 0.572. The highest BCUT2D eigenvalue weighted by atomic mass is 16.1. The van der Waals surface area contributed by atoms with Crippen LogP contribution < -0.4 is 10.9 Å². The second-order valence-electron chi connectivity index (χ2n) is 8.19. The van der Waals surface area contributed by atoms with Crippen LogP contribution >= 0.6 is 0 Å². The van der Waals surface area contributed by atoms with E-state index in [0.29, 0.717) is 5.92 Å². The smallest absolute Gasteiger partial charge is 0.251 e. The van der Waals surface area contributed by atoms with Crippen molar-refractivity contribution in [3.8, 4) is 0 Å². The van der Waals surface area contributed by atoms with Gasteiger partial charge in [-0.2, -0.15) is 0 Å². The minimum atomic E-state index is 0.0732. The number of hydrogen-bond donors (Lipinski definition) is 2. The van der Waals surface area contributed by atoms with Gasteiger partial charge >= 0.3 is 0 Å². The molecule has 146 valence electrons. The lowest BCUT2D eigenvalue weighted by Crippen LogP contribution is -2.13. The number of rotatable bonds is 9. The first-order valence-electron chi connectivity index (χ1n) is 10.6. The van der Waals surface area contributed by atoms with Gasteiger partial charge in [0.25, 0.3) is 5.56 Å². The molecule has 0 radical (unpaired) electrons. The molecule has 2 aliphatic rings. The molecule has 0 amide bonds. The Kier molecular flexibility index (Phi) is 5.52. The second-order valence-corrected chi connectivity index (χ2v) is 8.19. The van der Waals surface area contributed by atoms with Crippen molar-refractivity contribution in [1.82, 2.24) is 10.3 Å². The summed E-state index contributed by atoms with van der Waals surface area (Å²) in [5, 5.41) is 3.11. The van der Waals surface area contributed by atoms with Gasteiger partial charge in [-0.1, -0.05) is 43.0 Å². The first-order valence-corrected chi connectivity index (χ1v) is 10.6. The molecule has 1 aromatic carbocycles. The van der Waals surface area contributed by atoms with Crippen molar-refractivity contribution in [2.24, 2.45) is 0 Å². The lowest BCUT2D eigenvalue weighted by molar-refractivity contribution is 0.778. The molecule has 3 nitrogen and oxygen atoms in total. The topological polar surface area (TPSA) is 44.9 Å². The Morgan fingerprint density at radius 1 is 1.11 bits per heavy atom. The molecule has 0 spiro atoms. The number of pyridine rings is 1. The molecular weight excluding hydrogens is 344 g/mol. The molecule has 28 heavy (non-hydrogen) atoms. The van der Waals surface area contributed by atoms with Gasteiger partial charge in [0.15, 0.2) is 0 Å². The van der Waals surface area contributed by atoms with Gasteiger partial charge in [-0.15, -0.1) is 0 Å².